The van der Waals surface area contributed by atoms with Gasteiger partial charge in [-0.05, 0) is 31.0 Å². The average Bonchev–Trinajstić information content (AvgIpc) is 3.07. The smallest absolute Gasteiger partial charge is 0.226 e. The molecule has 136 valence electrons. The van der Waals surface area contributed by atoms with Crippen molar-refractivity contribution < 1.29 is 8.81 Å². The fourth-order valence-corrected chi connectivity index (χ4v) is 4.16. The van der Waals surface area contributed by atoms with Gasteiger partial charge in [0.05, 0.1) is 5.69 Å². The fourth-order valence-electron chi connectivity index (χ4n) is 4.16. The lowest BCUT2D eigenvalue weighted by Gasteiger charge is -2.49. The molecule has 0 bridgehead atoms. The molecule has 1 saturated heterocycles. The minimum atomic E-state index is -0.268. The first-order chi connectivity index (χ1) is 11.8. The Morgan fingerprint density at radius 3 is 2.88 bits per heavy atom. The molecule has 6 heteroatoms. The summed E-state index contributed by atoms with van der Waals surface area (Å²) in [5.41, 5.74) is 1.89. The summed E-state index contributed by atoms with van der Waals surface area (Å²) in [5, 5.41) is 3.57. The molecule has 1 aromatic carbocycles. The number of aromatic nitrogens is 1. The van der Waals surface area contributed by atoms with E-state index in [9.17, 15) is 4.39 Å². The average molecular weight is 366 g/mol. The fraction of sp³-hybridized carbons (Fsp3) is 0.526. The molecular weight excluding hydrogens is 341 g/mol. The van der Waals surface area contributed by atoms with Crippen molar-refractivity contribution in [3.63, 3.8) is 0 Å². The van der Waals surface area contributed by atoms with Gasteiger partial charge in [-0.3, -0.25) is 4.90 Å². The van der Waals surface area contributed by atoms with Crippen LogP contribution in [0.1, 0.15) is 37.8 Å². The zero-order chi connectivity index (χ0) is 16.4. The Morgan fingerprint density at radius 2 is 2.08 bits per heavy atom. The first-order valence-electron chi connectivity index (χ1n) is 8.91. The highest BCUT2D eigenvalue weighted by Gasteiger charge is 2.39. The SMILES string of the molecule is Cl.Fc1cccc(-c2nc(CN3CCNCC34CCCCC4)co2)c1. The highest BCUT2D eigenvalue weighted by atomic mass is 35.5. The number of piperazine rings is 1. The third-order valence-electron chi connectivity index (χ3n) is 5.44. The van der Waals surface area contributed by atoms with E-state index in [2.05, 4.69) is 15.2 Å². The first-order valence-corrected chi connectivity index (χ1v) is 8.91. The standard InChI is InChI=1S/C19H24FN3O.ClH/c20-16-6-4-5-15(11-16)18-22-17(13-24-18)12-23-10-9-21-14-19(23)7-2-1-3-8-19;/h4-6,11,13,21H,1-3,7-10,12,14H2;1H. The number of hydrogen-bond donors (Lipinski definition) is 1. The number of hydrogen-bond acceptors (Lipinski definition) is 4. The van der Waals surface area contributed by atoms with Crippen molar-refractivity contribution in [1.29, 1.82) is 0 Å². The monoisotopic (exact) mass is 365 g/mol. The van der Waals surface area contributed by atoms with Gasteiger partial charge in [0.25, 0.3) is 0 Å². The molecule has 0 amide bonds. The van der Waals surface area contributed by atoms with Crippen LogP contribution in [0.15, 0.2) is 34.9 Å². The quantitative estimate of drug-likeness (QED) is 0.892. The molecule has 1 spiro atoms. The van der Waals surface area contributed by atoms with Crippen LogP contribution in [0, 0.1) is 5.82 Å². The van der Waals surface area contributed by atoms with Crippen LogP contribution < -0.4 is 5.32 Å². The molecule has 1 aliphatic carbocycles. The van der Waals surface area contributed by atoms with Crippen LogP contribution in [-0.4, -0.2) is 35.1 Å². The van der Waals surface area contributed by atoms with Crippen molar-refractivity contribution in [1.82, 2.24) is 15.2 Å². The highest BCUT2D eigenvalue weighted by Crippen LogP contribution is 2.35. The molecule has 4 rings (SSSR count). The Hall–Kier alpha value is -1.43. The van der Waals surface area contributed by atoms with Gasteiger partial charge in [-0.15, -0.1) is 12.4 Å². The lowest BCUT2D eigenvalue weighted by atomic mass is 9.79. The summed E-state index contributed by atoms with van der Waals surface area (Å²) in [6.07, 6.45) is 8.21. The van der Waals surface area contributed by atoms with E-state index < -0.39 is 0 Å². The van der Waals surface area contributed by atoms with Gasteiger partial charge in [0.1, 0.15) is 12.1 Å². The lowest BCUT2D eigenvalue weighted by molar-refractivity contribution is 0.0199. The topological polar surface area (TPSA) is 41.3 Å². The minimum absolute atomic E-state index is 0. The Labute approximate surface area is 154 Å². The van der Waals surface area contributed by atoms with Gasteiger partial charge < -0.3 is 9.73 Å². The van der Waals surface area contributed by atoms with E-state index in [1.54, 1.807) is 12.3 Å². The predicted molar refractivity (Wildman–Crippen MR) is 98.2 cm³/mol. The lowest BCUT2D eigenvalue weighted by Crippen LogP contribution is -2.61. The summed E-state index contributed by atoms with van der Waals surface area (Å²) in [6.45, 7) is 3.95. The number of nitrogens with one attached hydrogen (secondary N) is 1. The maximum Gasteiger partial charge on any atom is 0.226 e. The van der Waals surface area contributed by atoms with E-state index in [-0.39, 0.29) is 23.8 Å². The molecular formula is C19H25ClFN3O. The maximum atomic E-state index is 13.4. The molecule has 1 aliphatic heterocycles. The van der Waals surface area contributed by atoms with Crippen molar-refractivity contribution in [2.75, 3.05) is 19.6 Å². The number of benzene rings is 1. The van der Waals surface area contributed by atoms with Crippen LogP contribution in [0.5, 0.6) is 0 Å². The van der Waals surface area contributed by atoms with Gasteiger partial charge in [-0.25, -0.2) is 9.37 Å². The molecule has 1 aromatic heterocycles. The molecule has 2 fully saturated rings. The van der Waals surface area contributed by atoms with E-state index in [4.69, 9.17) is 4.42 Å². The second-order valence-corrected chi connectivity index (χ2v) is 7.04. The summed E-state index contributed by atoms with van der Waals surface area (Å²) in [5.74, 6) is 0.229. The molecule has 1 saturated carbocycles. The third kappa shape index (κ3) is 3.89. The highest BCUT2D eigenvalue weighted by molar-refractivity contribution is 5.85. The zero-order valence-electron chi connectivity index (χ0n) is 14.3. The van der Waals surface area contributed by atoms with Crippen LogP contribution in [-0.2, 0) is 6.54 Å². The molecule has 0 radical (unpaired) electrons. The summed E-state index contributed by atoms with van der Waals surface area (Å²) < 4.78 is 19.0. The second-order valence-electron chi connectivity index (χ2n) is 7.04. The van der Waals surface area contributed by atoms with Gasteiger partial charge in [-0.2, -0.15) is 0 Å². The van der Waals surface area contributed by atoms with E-state index in [1.165, 1.54) is 44.2 Å². The van der Waals surface area contributed by atoms with Crippen LogP contribution in [0.4, 0.5) is 4.39 Å². The normalized spacial score (nSPS) is 20.4. The Bertz CT molecular complexity index is 691. The third-order valence-corrected chi connectivity index (χ3v) is 5.44. The van der Waals surface area contributed by atoms with E-state index in [0.717, 1.165) is 31.9 Å². The maximum absolute atomic E-state index is 13.4. The Kier molecular flexibility index (Phi) is 5.77. The number of nitrogens with zero attached hydrogens (tertiary/aromatic N) is 2. The molecule has 25 heavy (non-hydrogen) atoms. The molecule has 2 aromatic rings. The van der Waals surface area contributed by atoms with E-state index >= 15 is 0 Å². The molecule has 0 unspecified atom stereocenters. The first kappa shape index (κ1) is 18.4. The van der Waals surface area contributed by atoms with Crippen molar-refractivity contribution in [3.05, 3.63) is 42.0 Å². The van der Waals surface area contributed by atoms with Gasteiger partial charge in [0.15, 0.2) is 0 Å². The molecule has 1 N–H and O–H groups in total. The summed E-state index contributed by atoms with van der Waals surface area (Å²) in [6, 6.07) is 6.40. The van der Waals surface area contributed by atoms with Gasteiger partial charge in [-0.1, -0.05) is 25.3 Å². The predicted octanol–water partition coefficient (Wildman–Crippen LogP) is 4.01. The van der Waals surface area contributed by atoms with Crippen molar-refractivity contribution in [2.45, 2.75) is 44.2 Å². The Morgan fingerprint density at radius 1 is 1.24 bits per heavy atom. The Balaban J connectivity index is 0.00000182. The number of rotatable bonds is 3. The van der Waals surface area contributed by atoms with Crippen LogP contribution in [0.3, 0.4) is 0 Å². The second kappa shape index (κ2) is 7.85. The van der Waals surface area contributed by atoms with Gasteiger partial charge in [0, 0.05) is 37.3 Å². The number of oxazole rings is 1. The van der Waals surface area contributed by atoms with Crippen LogP contribution in [0.2, 0.25) is 0 Å². The molecule has 2 aliphatic rings. The van der Waals surface area contributed by atoms with Gasteiger partial charge >= 0.3 is 0 Å². The summed E-state index contributed by atoms with van der Waals surface area (Å²) >= 11 is 0. The largest absolute Gasteiger partial charge is 0.444 e. The van der Waals surface area contributed by atoms with Crippen molar-refractivity contribution in [2.24, 2.45) is 0 Å². The minimum Gasteiger partial charge on any atom is -0.444 e. The van der Waals surface area contributed by atoms with Crippen LogP contribution in [0.25, 0.3) is 11.5 Å². The van der Waals surface area contributed by atoms with Crippen molar-refractivity contribution in [3.8, 4) is 11.5 Å². The van der Waals surface area contributed by atoms with Crippen LogP contribution >= 0.6 is 12.4 Å². The summed E-state index contributed by atoms with van der Waals surface area (Å²) in [4.78, 5) is 7.18. The molecule has 0 atom stereocenters. The molecule has 4 nitrogen and oxygen atoms in total. The van der Waals surface area contributed by atoms with Crippen molar-refractivity contribution >= 4 is 12.4 Å². The van der Waals surface area contributed by atoms with E-state index in [1.807, 2.05) is 6.07 Å². The molecule has 2 heterocycles. The van der Waals surface area contributed by atoms with Gasteiger partial charge in [0.2, 0.25) is 5.89 Å². The van der Waals surface area contributed by atoms with E-state index in [0.29, 0.717) is 11.5 Å². The number of halogens is 2. The zero-order valence-corrected chi connectivity index (χ0v) is 15.2. The summed E-state index contributed by atoms with van der Waals surface area (Å²) in [7, 11) is 0.